The number of nitrogens with zero attached hydrogens (tertiary/aromatic N) is 4. The first-order chi connectivity index (χ1) is 27.7. The molecule has 5 heterocycles. The van der Waals surface area contributed by atoms with Crippen LogP contribution in [0.2, 0.25) is 0 Å². The Hall–Kier alpha value is -6.86. The highest BCUT2D eigenvalue weighted by Crippen LogP contribution is 2.41. The standard InChI is InChI=1S/C50H30N4S2/c1-3-14-46-40(12-1)42-26-32(16-18-48(42)55-46)37-23-38(33-17-19-49-43(27-33)41-13-2-4-15-47(41)56-49)25-39(24-37)45-28-44(36-11-7-21-52-30-36)53-50(54-45)34-9-5-8-31(22-34)35-10-6-20-51-29-35/h1-30H. The van der Waals surface area contributed by atoms with Crippen LogP contribution in [0.25, 0.3) is 108 Å². The van der Waals surface area contributed by atoms with Crippen LogP contribution in [0.5, 0.6) is 0 Å². The molecule has 0 spiro atoms. The van der Waals surface area contributed by atoms with Gasteiger partial charge in [-0.3, -0.25) is 9.97 Å². The van der Waals surface area contributed by atoms with Gasteiger partial charge in [-0.1, -0.05) is 72.8 Å². The molecule has 11 aromatic rings. The Morgan fingerprint density at radius 1 is 0.304 bits per heavy atom. The molecule has 0 saturated carbocycles. The number of aromatic nitrogens is 4. The predicted molar refractivity (Wildman–Crippen MR) is 236 cm³/mol. The van der Waals surface area contributed by atoms with Crippen LogP contribution < -0.4 is 0 Å². The maximum atomic E-state index is 5.33. The third kappa shape index (κ3) is 5.84. The van der Waals surface area contributed by atoms with E-state index < -0.39 is 0 Å². The van der Waals surface area contributed by atoms with Gasteiger partial charge in [0.1, 0.15) is 0 Å². The van der Waals surface area contributed by atoms with Crippen molar-refractivity contribution in [3.8, 4) is 67.3 Å². The highest BCUT2D eigenvalue weighted by atomic mass is 32.1. The minimum Gasteiger partial charge on any atom is -0.264 e. The van der Waals surface area contributed by atoms with Gasteiger partial charge >= 0.3 is 0 Å². The third-order valence-corrected chi connectivity index (χ3v) is 12.8. The molecule has 0 radical (unpaired) electrons. The fourth-order valence-electron chi connectivity index (χ4n) is 7.68. The molecule has 11 rings (SSSR count). The van der Waals surface area contributed by atoms with Crippen molar-refractivity contribution in [2.75, 3.05) is 0 Å². The molecule has 6 aromatic carbocycles. The van der Waals surface area contributed by atoms with Gasteiger partial charge in [0.15, 0.2) is 5.82 Å². The van der Waals surface area contributed by atoms with E-state index in [1.807, 2.05) is 47.2 Å². The molecule has 0 saturated heterocycles. The maximum Gasteiger partial charge on any atom is 0.160 e. The summed E-state index contributed by atoms with van der Waals surface area (Å²) in [5.74, 6) is 0.649. The number of benzene rings is 6. The van der Waals surface area contributed by atoms with Crippen molar-refractivity contribution in [1.82, 2.24) is 19.9 Å². The lowest BCUT2D eigenvalue weighted by molar-refractivity contribution is 1.18. The lowest BCUT2D eigenvalue weighted by Crippen LogP contribution is -1.97. The van der Waals surface area contributed by atoms with Gasteiger partial charge in [-0.2, -0.15) is 0 Å². The number of rotatable bonds is 6. The van der Waals surface area contributed by atoms with Gasteiger partial charge in [0.2, 0.25) is 0 Å². The predicted octanol–water partition coefficient (Wildman–Crippen LogP) is 14.0. The number of thiophene rings is 2. The summed E-state index contributed by atoms with van der Waals surface area (Å²) in [6.45, 7) is 0. The average molecular weight is 751 g/mol. The van der Waals surface area contributed by atoms with Crippen LogP contribution in [-0.4, -0.2) is 19.9 Å². The normalized spacial score (nSPS) is 11.6. The molecule has 4 nitrogen and oxygen atoms in total. The second-order valence-corrected chi connectivity index (χ2v) is 16.1. The number of fused-ring (bicyclic) bond motifs is 6. The van der Waals surface area contributed by atoms with Crippen LogP contribution in [0.3, 0.4) is 0 Å². The SMILES string of the molecule is c1cncc(-c2cccc(-c3nc(-c4cccnc4)cc(-c4cc(-c5ccc6sc7ccccc7c6c5)cc(-c5ccc6sc7ccccc7c6c5)c4)n3)c2)c1. The molecule has 0 aliphatic carbocycles. The van der Waals surface area contributed by atoms with E-state index in [0.29, 0.717) is 5.82 Å². The number of pyridine rings is 2. The fraction of sp³-hybridized carbons (Fsp3) is 0. The summed E-state index contributed by atoms with van der Waals surface area (Å²) in [6.07, 6.45) is 7.34. The van der Waals surface area contributed by atoms with Crippen LogP contribution in [0.1, 0.15) is 0 Å². The van der Waals surface area contributed by atoms with Gasteiger partial charge in [-0.05, 0) is 113 Å². The van der Waals surface area contributed by atoms with Crippen LogP contribution in [0.15, 0.2) is 183 Å². The van der Waals surface area contributed by atoms with Crippen LogP contribution >= 0.6 is 22.7 Å². The summed E-state index contributed by atoms with van der Waals surface area (Å²) < 4.78 is 5.18. The van der Waals surface area contributed by atoms with E-state index in [1.54, 1.807) is 12.4 Å². The molecule has 262 valence electrons. The van der Waals surface area contributed by atoms with Crippen molar-refractivity contribution in [3.05, 3.63) is 183 Å². The fourth-order valence-corrected chi connectivity index (χ4v) is 9.85. The van der Waals surface area contributed by atoms with Crippen LogP contribution in [0, 0.1) is 0 Å². The Balaban J connectivity index is 1.13. The minimum atomic E-state index is 0.649. The second kappa shape index (κ2) is 13.5. The van der Waals surface area contributed by atoms with Gasteiger partial charge in [-0.25, -0.2) is 9.97 Å². The van der Waals surface area contributed by atoms with E-state index >= 15 is 0 Å². The zero-order valence-corrected chi connectivity index (χ0v) is 31.6. The summed E-state index contributed by atoms with van der Waals surface area (Å²) >= 11 is 3.68. The van der Waals surface area contributed by atoms with Crippen molar-refractivity contribution in [3.63, 3.8) is 0 Å². The van der Waals surface area contributed by atoms with E-state index in [-0.39, 0.29) is 0 Å². The Bertz CT molecular complexity index is 3130. The van der Waals surface area contributed by atoms with Crippen molar-refractivity contribution in [2.45, 2.75) is 0 Å². The maximum absolute atomic E-state index is 5.33. The van der Waals surface area contributed by atoms with Crippen LogP contribution in [0.4, 0.5) is 0 Å². The van der Waals surface area contributed by atoms with Crippen molar-refractivity contribution < 1.29 is 0 Å². The molecular formula is C50H30N4S2. The summed E-state index contributed by atoms with van der Waals surface area (Å²) in [6, 6.07) is 56.5. The van der Waals surface area contributed by atoms with E-state index in [9.17, 15) is 0 Å². The lowest BCUT2D eigenvalue weighted by atomic mass is 9.93. The Morgan fingerprint density at radius 3 is 1.39 bits per heavy atom. The molecule has 0 N–H and O–H groups in total. The van der Waals surface area contributed by atoms with Gasteiger partial charge in [0.05, 0.1) is 11.4 Å². The molecule has 0 atom stereocenters. The zero-order chi connectivity index (χ0) is 37.0. The number of hydrogen-bond donors (Lipinski definition) is 0. The average Bonchev–Trinajstić information content (AvgIpc) is 3.84. The summed E-state index contributed by atoms with van der Waals surface area (Å²) in [7, 11) is 0. The highest BCUT2D eigenvalue weighted by Gasteiger charge is 2.16. The highest BCUT2D eigenvalue weighted by molar-refractivity contribution is 7.26. The largest absolute Gasteiger partial charge is 0.264 e. The summed E-state index contributed by atoms with van der Waals surface area (Å²) in [4.78, 5) is 19.3. The smallest absolute Gasteiger partial charge is 0.160 e. The molecule has 5 aromatic heterocycles. The second-order valence-electron chi connectivity index (χ2n) is 13.9. The Morgan fingerprint density at radius 2 is 0.786 bits per heavy atom. The first-order valence-electron chi connectivity index (χ1n) is 18.5. The van der Waals surface area contributed by atoms with Gasteiger partial charge < -0.3 is 0 Å². The molecule has 0 aliphatic heterocycles. The first-order valence-corrected chi connectivity index (χ1v) is 20.1. The molecule has 0 amide bonds. The Labute approximate surface area is 331 Å². The molecular weight excluding hydrogens is 721 g/mol. The van der Waals surface area contributed by atoms with Gasteiger partial charge in [-0.15, -0.1) is 22.7 Å². The van der Waals surface area contributed by atoms with Crippen molar-refractivity contribution >= 4 is 63.0 Å². The number of hydrogen-bond acceptors (Lipinski definition) is 6. The molecule has 6 heteroatoms. The van der Waals surface area contributed by atoms with Crippen molar-refractivity contribution in [1.29, 1.82) is 0 Å². The first kappa shape index (κ1) is 32.6. The van der Waals surface area contributed by atoms with E-state index in [4.69, 9.17) is 9.97 Å². The topological polar surface area (TPSA) is 51.6 Å². The monoisotopic (exact) mass is 750 g/mol. The van der Waals surface area contributed by atoms with E-state index in [2.05, 4.69) is 156 Å². The van der Waals surface area contributed by atoms with Crippen molar-refractivity contribution in [2.24, 2.45) is 0 Å². The molecule has 56 heavy (non-hydrogen) atoms. The Kier molecular flexibility index (Phi) is 7.83. The molecule has 0 unspecified atom stereocenters. The summed E-state index contributed by atoms with van der Waals surface area (Å²) in [5.41, 5.74) is 11.2. The van der Waals surface area contributed by atoms with Crippen LogP contribution in [-0.2, 0) is 0 Å². The molecule has 0 bridgehead atoms. The molecule has 0 aliphatic rings. The zero-order valence-electron chi connectivity index (χ0n) is 29.9. The van der Waals surface area contributed by atoms with E-state index in [0.717, 1.165) is 61.5 Å². The van der Waals surface area contributed by atoms with Gasteiger partial charge in [0, 0.05) is 87.4 Å². The summed E-state index contributed by atoms with van der Waals surface area (Å²) in [5, 5.41) is 5.13. The molecule has 0 fully saturated rings. The third-order valence-electron chi connectivity index (χ3n) is 10.4. The lowest BCUT2D eigenvalue weighted by Gasteiger charge is -2.14. The quantitative estimate of drug-likeness (QED) is 0.170. The minimum absolute atomic E-state index is 0.649. The van der Waals surface area contributed by atoms with Gasteiger partial charge in [0.25, 0.3) is 0 Å². The van der Waals surface area contributed by atoms with E-state index in [1.165, 1.54) is 40.3 Å².